The molecule has 0 saturated heterocycles. The summed E-state index contributed by atoms with van der Waals surface area (Å²) in [6, 6.07) is 16.4. The van der Waals surface area contributed by atoms with Gasteiger partial charge in [0.1, 0.15) is 0 Å². The minimum absolute atomic E-state index is 0.920. The Hall–Kier alpha value is -3.66. The molecule has 0 unspecified atom stereocenters. The highest BCUT2D eigenvalue weighted by atomic mass is 14.9. The van der Waals surface area contributed by atoms with Gasteiger partial charge in [0.15, 0.2) is 0 Å². The van der Waals surface area contributed by atoms with Crippen LogP contribution >= 0.6 is 0 Å². The zero-order valence-electron chi connectivity index (χ0n) is 14.1. The fourth-order valence-electron chi connectivity index (χ4n) is 3.26. The van der Waals surface area contributed by atoms with Gasteiger partial charge in [0.25, 0.3) is 0 Å². The predicted octanol–water partition coefficient (Wildman–Crippen LogP) is 5.23. The molecule has 0 fully saturated rings. The molecule has 3 aromatic heterocycles. The van der Waals surface area contributed by atoms with E-state index in [1.165, 1.54) is 0 Å². The molecule has 5 heterocycles. The van der Waals surface area contributed by atoms with E-state index in [9.17, 15) is 0 Å². The molecule has 4 heteroatoms. The molecular formula is C22H16N4. The number of rotatable bonds is 1. The van der Waals surface area contributed by atoms with Crippen molar-refractivity contribution < 1.29 is 0 Å². The molecule has 2 aliphatic heterocycles. The molecule has 124 valence electrons. The fraction of sp³-hybridized carbons (Fsp3) is 0. The number of aromatic amines is 1. The average molecular weight is 336 g/mol. The Kier molecular flexibility index (Phi) is 3.22. The first-order chi connectivity index (χ1) is 12.8. The molecular weight excluding hydrogens is 320 g/mol. The lowest BCUT2D eigenvalue weighted by Crippen LogP contribution is -1.84. The van der Waals surface area contributed by atoms with Gasteiger partial charge in [-0.1, -0.05) is 6.58 Å². The second-order valence-corrected chi connectivity index (χ2v) is 6.27. The van der Waals surface area contributed by atoms with Crippen molar-refractivity contribution in [1.29, 1.82) is 0 Å². The van der Waals surface area contributed by atoms with Gasteiger partial charge in [-0.25, -0.2) is 9.97 Å². The molecule has 5 rings (SSSR count). The minimum Gasteiger partial charge on any atom is -0.355 e. The maximum atomic E-state index is 4.68. The monoisotopic (exact) mass is 336 g/mol. The number of hydrogen-bond donors (Lipinski definition) is 1. The molecule has 0 aromatic carbocycles. The van der Waals surface area contributed by atoms with Crippen LogP contribution < -0.4 is 0 Å². The Balaban J connectivity index is 1.89. The van der Waals surface area contributed by atoms with Gasteiger partial charge in [0.05, 0.1) is 22.8 Å². The summed E-state index contributed by atoms with van der Waals surface area (Å²) >= 11 is 0. The molecule has 2 aliphatic rings. The van der Waals surface area contributed by atoms with Crippen LogP contribution in [0.5, 0.6) is 0 Å². The summed E-state index contributed by atoms with van der Waals surface area (Å²) in [6.07, 6.45) is 9.90. The summed E-state index contributed by atoms with van der Waals surface area (Å²) in [7, 11) is 0. The first-order valence-electron chi connectivity index (χ1n) is 8.46. The van der Waals surface area contributed by atoms with Gasteiger partial charge in [-0.3, -0.25) is 0 Å². The molecule has 8 bridgehead atoms. The number of fused-ring (bicyclic) bond motifs is 8. The Morgan fingerprint density at radius 2 is 1.15 bits per heavy atom. The Morgan fingerprint density at radius 3 is 1.62 bits per heavy atom. The van der Waals surface area contributed by atoms with E-state index in [0.29, 0.717) is 0 Å². The third-order valence-electron chi connectivity index (χ3n) is 4.46. The summed E-state index contributed by atoms with van der Waals surface area (Å²) in [5, 5.41) is 0. The van der Waals surface area contributed by atoms with E-state index in [1.807, 2.05) is 59.3 Å². The van der Waals surface area contributed by atoms with Gasteiger partial charge >= 0.3 is 0 Å². The Bertz CT molecular complexity index is 1160. The second kappa shape index (κ2) is 5.70. The maximum Gasteiger partial charge on any atom is 0.0658 e. The van der Waals surface area contributed by atoms with E-state index in [-0.39, 0.29) is 0 Å². The summed E-state index contributed by atoms with van der Waals surface area (Å²) < 4.78 is 2.04. The van der Waals surface area contributed by atoms with Gasteiger partial charge in [0, 0.05) is 28.3 Å². The van der Waals surface area contributed by atoms with E-state index >= 15 is 0 Å². The van der Waals surface area contributed by atoms with E-state index in [1.54, 1.807) is 0 Å². The van der Waals surface area contributed by atoms with Gasteiger partial charge in [-0.15, -0.1) is 0 Å². The normalized spacial score (nSPS) is 12.5. The first-order valence-corrected chi connectivity index (χ1v) is 8.46. The summed E-state index contributed by atoms with van der Waals surface area (Å²) in [6.45, 7) is 3.95. The van der Waals surface area contributed by atoms with E-state index in [4.69, 9.17) is 0 Å². The van der Waals surface area contributed by atoms with Crippen LogP contribution in [0.25, 0.3) is 52.6 Å². The van der Waals surface area contributed by atoms with Gasteiger partial charge in [-0.05, 0) is 72.8 Å². The highest BCUT2D eigenvalue weighted by molar-refractivity contribution is 5.78. The maximum absolute atomic E-state index is 4.68. The standard InChI is InChI=1S/C22H16N4/c1-2-26-21-9-10-22(26)14-20-8-6-18(25-20)12-16-4-3-15(23-16)11-17-5-7-19(13-21)24-17/h2-14,23H,1H2. The molecule has 4 nitrogen and oxygen atoms in total. The van der Waals surface area contributed by atoms with Crippen molar-refractivity contribution in [2.24, 2.45) is 0 Å². The second-order valence-electron chi connectivity index (χ2n) is 6.27. The first kappa shape index (κ1) is 14.7. The largest absolute Gasteiger partial charge is 0.355 e. The molecule has 0 amide bonds. The zero-order chi connectivity index (χ0) is 17.5. The Morgan fingerprint density at radius 1 is 0.692 bits per heavy atom. The SMILES string of the molecule is C=Cn1c2ccc1cc1nc(cc3ccc(cc4nc(c2)C=C4)[nH]3)C=C1. The summed E-state index contributed by atoms with van der Waals surface area (Å²) in [4.78, 5) is 12.7. The van der Waals surface area contributed by atoms with Crippen molar-refractivity contribution >= 4 is 52.6 Å². The number of nitrogens with one attached hydrogen (secondary N) is 1. The third kappa shape index (κ3) is 2.58. The van der Waals surface area contributed by atoms with Gasteiger partial charge < -0.3 is 9.55 Å². The van der Waals surface area contributed by atoms with Crippen LogP contribution in [0.3, 0.4) is 0 Å². The number of aromatic nitrogens is 4. The summed E-state index contributed by atoms with van der Waals surface area (Å²) in [5.74, 6) is 0. The van der Waals surface area contributed by atoms with Crippen LogP contribution in [0.15, 0.2) is 55.1 Å². The number of hydrogen-bond acceptors (Lipinski definition) is 2. The van der Waals surface area contributed by atoms with E-state index < -0.39 is 0 Å². The van der Waals surface area contributed by atoms with Gasteiger partial charge in [-0.2, -0.15) is 0 Å². The van der Waals surface area contributed by atoms with Crippen LogP contribution in [0.2, 0.25) is 0 Å². The average Bonchev–Trinajstić information content (AvgIpc) is 3.39. The van der Waals surface area contributed by atoms with Crippen molar-refractivity contribution in [3.8, 4) is 0 Å². The van der Waals surface area contributed by atoms with Crippen LogP contribution in [0.1, 0.15) is 22.8 Å². The fourth-order valence-corrected chi connectivity index (χ4v) is 3.26. The molecule has 3 aromatic rings. The van der Waals surface area contributed by atoms with Crippen LogP contribution in [-0.4, -0.2) is 19.5 Å². The molecule has 0 aliphatic carbocycles. The van der Waals surface area contributed by atoms with Crippen molar-refractivity contribution in [2.75, 3.05) is 0 Å². The van der Waals surface area contributed by atoms with Crippen molar-refractivity contribution in [3.63, 3.8) is 0 Å². The molecule has 0 spiro atoms. The number of H-pyrrole nitrogens is 1. The minimum atomic E-state index is 0.920. The van der Waals surface area contributed by atoms with Crippen LogP contribution in [-0.2, 0) is 0 Å². The Labute approximate surface area is 150 Å². The van der Waals surface area contributed by atoms with Crippen molar-refractivity contribution in [2.45, 2.75) is 0 Å². The van der Waals surface area contributed by atoms with Gasteiger partial charge in [0.2, 0.25) is 0 Å². The van der Waals surface area contributed by atoms with Crippen LogP contribution in [0.4, 0.5) is 0 Å². The van der Waals surface area contributed by atoms with E-state index in [2.05, 4.69) is 45.8 Å². The molecule has 0 atom stereocenters. The third-order valence-corrected chi connectivity index (χ3v) is 4.46. The predicted molar refractivity (Wildman–Crippen MR) is 109 cm³/mol. The molecule has 1 N–H and O–H groups in total. The zero-order valence-corrected chi connectivity index (χ0v) is 14.1. The van der Waals surface area contributed by atoms with Crippen LogP contribution in [0, 0.1) is 0 Å². The lowest BCUT2D eigenvalue weighted by molar-refractivity contribution is 1.26. The highest BCUT2D eigenvalue weighted by Gasteiger charge is 2.03. The quantitative estimate of drug-likeness (QED) is 0.455. The smallest absolute Gasteiger partial charge is 0.0658 e. The summed E-state index contributed by atoms with van der Waals surface area (Å²) in [5.41, 5.74) is 7.78. The molecule has 0 radical (unpaired) electrons. The lowest BCUT2D eigenvalue weighted by Gasteiger charge is -1.97. The lowest BCUT2D eigenvalue weighted by atomic mass is 10.3. The van der Waals surface area contributed by atoms with Crippen molar-refractivity contribution in [1.82, 2.24) is 19.5 Å². The van der Waals surface area contributed by atoms with E-state index in [0.717, 1.165) is 44.8 Å². The number of nitrogens with zero attached hydrogens (tertiary/aromatic N) is 3. The highest BCUT2D eigenvalue weighted by Crippen LogP contribution is 2.19. The van der Waals surface area contributed by atoms with Crippen molar-refractivity contribution in [3.05, 3.63) is 77.9 Å². The molecule has 0 saturated carbocycles. The topological polar surface area (TPSA) is 46.5 Å². The molecule has 26 heavy (non-hydrogen) atoms.